The summed E-state index contributed by atoms with van der Waals surface area (Å²) in [7, 11) is 0. The molecule has 1 saturated heterocycles. The first-order valence-corrected chi connectivity index (χ1v) is 6.83. The third-order valence-corrected chi connectivity index (χ3v) is 3.89. The highest BCUT2D eigenvalue weighted by Gasteiger charge is 2.23. The van der Waals surface area contributed by atoms with E-state index in [2.05, 4.69) is 11.4 Å². The van der Waals surface area contributed by atoms with E-state index in [-0.39, 0.29) is 5.78 Å². The molecule has 96 valence electrons. The summed E-state index contributed by atoms with van der Waals surface area (Å²) in [5, 5.41) is 3.36. The minimum Gasteiger partial charge on any atom is -0.492 e. The number of piperidine rings is 1. The summed E-state index contributed by atoms with van der Waals surface area (Å²) in [6.45, 7) is 2.78. The fourth-order valence-electron chi connectivity index (χ4n) is 2.91. The number of Topliss-reactive ketones (excluding diaryl/α,β-unsaturated/α-hetero) is 1. The Balaban J connectivity index is 1.74. The number of hydrogen-bond acceptors (Lipinski definition) is 3. The molecule has 0 spiro atoms. The van der Waals surface area contributed by atoms with Crippen molar-refractivity contribution in [3.05, 3.63) is 29.3 Å². The molecule has 0 aromatic heterocycles. The van der Waals surface area contributed by atoms with Gasteiger partial charge in [0.05, 0.1) is 12.2 Å². The monoisotopic (exact) mass is 245 g/mol. The minimum absolute atomic E-state index is 0.238. The van der Waals surface area contributed by atoms with Crippen LogP contribution in [0, 0.1) is 5.92 Å². The Labute approximate surface area is 108 Å². The van der Waals surface area contributed by atoms with Gasteiger partial charge in [0.15, 0.2) is 5.78 Å². The smallest absolute Gasteiger partial charge is 0.166 e. The maximum absolute atomic E-state index is 12.4. The predicted molar refractivity (Wildman–Crippen MR) is 70.2 cm³/mol. The number of rotatable bonds is 3. The Morgan fingerprint density at radius 3 is 3.22 bits per heavy atom. The van der Waals surface area contributed by atoms with Crippen LogP contribution in [0.25, 0.3) is 0 Å². The molecular weight excluding hydrogens is 226 g/mol. The van der Waals surface area contributed by atoms with Crippen LogP contribution in [0.3, 0.4) is 0 Å². The van der Waals surface area contributed by atoms with E-state index in [1.807, 2.05) is 12.1 Å². The van der Waals surface area contributed by atoms with Crippen molar-refractivity contribution in [3.8, 4) is 5.75 Å². The number of carbonyl (C=O) groups excluding carboxylic acids is 1. The molecule has 18 heavy (non-hydrogen) atoms. The Morgan fingerprint density at radius 1 is 1.44 bits per heavy atom. The molecule has 1 aromatic carbocycles. The maximum atomic E-state index is 12.4. The van der Waals surface area contributed by atoms with Crippen molar-refractivity contribution >= 4 is 5.78 Å². The van der Waals surface area contributed by atoms with E-state index in [0.29, 0.717) is 18.9 Å². The van der Waals surface area contributed by atoms with Gasteiger partial charge >= 0.3 is 0 Å². The number of hydrogen-bond donors (Lipinski definition) is 1. The highest BCUT2D eigenvalue weighted by atomic mass is 16.5. The van der Waals surface area contributed by atoms with Crippen LogP contribution in [0.5, 0.6) is 5.75 Å². The fourth-order valence-corrected chi connectivity index (χ4v) is 2.91. The summed E-state index contributed by atoms with van der Waals surface area (Å²) >= 11 is 0. The summed E-state index contributed by atoms with van der Waals surface area (Å²) in [6.07, 6.45) is 3.92. The molecule has 0 saturated carbocycles. The van der Waals surface area contributed by atoms with Gasteiger partial charge < -0.3 is 10.1 Å². The molecule has 0 aliphatic carbocycles. The van der Waals surface area contributed by atoms with Crippen LogP contribution >= 0.6 is 0 Å². The molecule has 1 aromatic rings. The molecule has 1 unspecified atom stereocenters. The van der Waals surface area contributed by atoms with Crippen molar-refractivity contribution in [2.45, 2.75) is 25.7 Å². The van der Waals surface area contributed by atoms with E-state index in [9.17, 15) is 4.79 Å². The molecule has 0 bridgehead atoms. The van der Waals surface area contributed by atoms with Gasteiger partial charge in [0.25, 0.3) is 0 Å². The van der Waals surface area contributed by atoms with E-state index in [0.717, 1.165) is 37.2 Å². The lowest BCUT2D eigenvalue weighted by Crippen LogP contribution is -2.31. The molecule has 3 rings (SSSR count). The molecule has 2 heterocycles. The van der Waals surface area contributed by atoms with Gasteiger partial charge in [0.2, 0.25) is 0 Å². The molecule has 1 N–H and O–H groups in total. The van der Waals surface area contributed by atoms with Crippen molar-refractivity contribution in [3.63, 3.8) is 0 Å². The molecule has 3 heteroatoms. The van der Waals surface area contributed by atoms with Crippen LogP contribution in [0.1, 0.15) is 35.2 Å². The maximum Gasteiger partial charge on any atom is 0.166 e. The van der Waals surface area contributed by atoms with Crippen molar-refractivity contribution in [2.75, 3.05) is 19.7 Å². The molecule has 0 radical (unpaired) electrons. The average molecular weight is 245 g/mol. The Hall–Kier alpha value is -1.35. The number of fused-ring (bicyclic) bond motifs is 1. The van der Waals surface area contributed by atoms with Gasteiger partial charge in [0, 0.05) is 12.8 Å². The SMILES string of the molecule is O=C(CC1CCCNC1)c1cccc2c1OCC2. The summed E-state index contributed by atoms with van der Waals surface area (Å²) in [4.78, 5) is 12.4. The Bertz CT molecular complexity index is 450. The van der Waals surface area contributed by atoms with Gasteiger partial charge in [-0.1, -0.05) is 12.1 Å². The molecule has 1 atom stereocenters. The van der Waals surface area contributed by atoms with E-state index in [1.165, 1.54) is 12.0 Å². The fraction of sp³-hybridized carbons (Fsp3) is 0.533. The zero-order valence-corrected chi connectivity index (χ0v) is 10.6. The second-order valence-corrected chi connectivity index (χ2v) is 5.23. The molecule has 2 aliphatic heterocycles. The lowest BCUT2D eigenvalue weighted by Gasteiger charge is -2.22. The van der Waals surface area contributed by atoms with Gasteiger partial charge in [-0.15, -0.1) is 0 Å². The zero-order chi connectivity index (χ0) is 12.4. The first-order valence-electron chi connectivity index (χ1n) is 6.83. The Morgan fingerprint density at radius 2 is 2.39 bits per heavy atom. The largest absolute Gasteiger partial charge is 0.492 e. The second kappa shape index (κ2) is 5.11. The molecule has 2 aliphatic rings. The average Bonchev–Trinajstić information content (AvgIpc) is 2.87. The second-order valence-electron chi connectivity index (χ2n) is 5.23. The van der Waals surface area contributed by atoms with Crippen molar-refractivity contribution in [1.29, 1.82) is 0 Å². The third kappa shape index (κ3) is 2.27. The van der Waals surface area contributed by atoms with E-state index >= 15 is 0 Å². The molecule has 0 amide bonds. The van der Waals surface area contributed by atoms with Gasteiger partial charge in [-0.05, 0) is 43.5 Å². The number of ketones is 1. The van der Waals surface area contributed by atoms with Gasteiger partial charge in [-0.25, -0.2) is 0 Å². The predicted octanol–water partition coefficient (Wildman–Crippen LogP) is 2.19. The first kappa shape index (κ1) is 11.7. The quantitative estimate of drug-likeness (QED) is 0.830. The van der Waals surface area contributed by atoms with Crippen LogP contribution in [-0.2, 0) is 6.42 Å². The molecule has 3 nitrogen and oxygen atoms in total. The summed E-state index contributed by atoms with van der Waals surface area (Å²) in [6, 6.07) is 5.93. The highest BCUT2D eigenvalue weighted by Crippen LogP contribution is 2.31. The van der Waals surface area contributed by atoms with E-state index < -0.39 is 0 Å². The highest BCUT2D eigenvalue weighted by molar-refractivity contribution is 5.99. The van der Waals surface area contributed by atoms with Crippen LogP contribution in [0.15, 0.2) is 18.2 Å². The van der Waals surface area contributed by atoms with Crippen LogP contribution in [0.4, 0.5) is 0 Å². The van der Waals surface area contributed by atoms with Crippen LogP contribution in [-0.4, -0.2) is 25.5 Å². The molecule has 1 fully saturated rings. The zero-order valence-electron chi connectivity index (χ0n) is 10.6. The number of carbonyl (C=O) groups is 1. The third-order valence-electron chi connectivity index (χ3n) is 3.89. The van der Waals surface area contributed by atoms with Crippen LogP contribution < -0.4 is 10.1 Å². The van der Waals surface area contributed by atoms with Crippen molar-refractivity contribution in [2.24, 2.45) is 5.92 Å². The van der Waals surface area contributed by atoms with Crippen LogP contribution in [0.2, 0.25) is 0 Å². The molecular formula is C15H19NO2. The number of para-hydroxylation sites is 1. The summed E-state index contributed by atoms with van der Waals surface area (Å²) in [5.41, 5.74) is 1.97. The van der Waals surface area contributed by atoms with Crippen molar-refractivity contribution < 1.29 is 9.53 Å². The lowest BCUT2D eigenvalue weighted by atomic mass is 9.91. The van der Waals surface area contributed by atoms with Gasteiger partial charge in [0.1, 0.15) is 5.75 Å². The van der Waals surface area contributed by atoms with Gasteiger partial charge in [-0.2, -0.15) is 0 Å². The topological polar surface area (TPSA) is 38.3 Å². The summed E-state index contributed by atoms with van der Waals surface area (Å²) in [5.74, 6) is 1.57. The van der Waals surface area contributed by atoms with Gasteiger partial charge in [-0.3, -0.25) is 4.79 Å². The standard InChI is InChI=1S/C15H19NO2/c17-14(9-11-3-2-7-16-10-11)13-5-1-4-12-6-8-18-15(12)13/h1,4-5,11,16H,2-3,6-10H2. The normalized spacial score (nSPS) is 22.3. The van der Waals surface area contributed by atoms with E-state index in [1.54, 1.807) is 0 Å². The number of benzene rings is 1. The first-order chi connectivity index (χ1) is 8.84. The lowest BCUT2D eigenvalue weighted by molar-refractivity contribution is 0.0950. The summed E-state index contributed by atoms with van der Waals surface area (Å²) < 4.78 is 5.60. The number of ether oxygens (including phenoxy) is 1. The van der Waals surface area contributed by atoms with E-state index in [4.69, 9.17) is 4.74 Å². The minimum atomic E-state index is 0.238. The number of nitrogens with one attached hydrogen (secondary N) is 1. The Kier molecular flexibility index (Phi) is 3.33. The van der Waals surface area contributed by atoms with Crippen molar-refractivity contribution in [1.82, 2.24) is 5.32 Å².